The molecule has 0 aliphatic heterocycles. The van der Waals surface area contributed by atoms with Crippen molar-refractivity contribution in [1.29, 1.82) is 0 Å². The van der Waals surface area contributed by atoms with Crippen LogP contribution in [0.1, 0.15) is 32.0 Å². The first-order valence-corrected chi connectivity index (χ1v) is 7.83. The number of carboxylic acid groups (broad SMARTS) is 1. The Labute approximate surface area is 148 Å². The predicted molar refractivity (Wildman–Crippen MR) is 94.4 cm³/mol. The van der Waals surface area contributed by atoms with Crippen molar-refractivity contribution >= 4 is 17.6 Å². The van der Waals surface area contributed by atoms with Crippen molar-refractivity contribution in [2.45, 2.75) is 13.8 Å². The van der Waals surface area contributed by atoms with E-state index in [0.29, 0.717) is 22.5 Å². The number of aromatic nitrogens is 2. The number of halogens is 1. The number of carbonyl (C=O) groups is 2. The smallest absolute Gasteiger partial charge is 0.335 e. The number of hydrogen-bond donors (Lipinski definition) is 2. The fourth-order valence-electron chi connectivity index (χ4n) is 2.63. The summed E-state index contributed by atoms with van der Waals surface area (Å²) in [6.07, 6.45) is 1.37. The minimum Gasteiger partial charge on any atom is -0.478 e. The highest BCUT2D eigenvalue weighted by molar-refractivity contribution is 6.05. The third kappa shape index (κ3) is 3.19. The molecule has 3 rings (SSSR count). The maximum atomic E-state index is 14.0. The highest BCUT2D eigenvalue weighted by atomic mass is 19.1. The number of carboxylic acids is 1. The van der Waals surface area contributed by atoms with Gasteiger partial charge in [-0.15, -0.1) is 0 Å². The van der Waals surface area contributed by atoms with Gasteiger partial charge >= 0.3 is 5.97 Å². The molecule has 0 bridgehead atoms. The molecular weight excluding hydrogens is 337 g/mol. The average Bonchev–Trinajstić information content (AvgIpc) is 2.98. The van der Waals surface area contributed by atoms with E-state index in [4.69, 9.17) is 5.11 Å². The first-order chi connectivity index (χ1) is 12.4. The van der Waals surface area contributed by atoms with Gasteiger partial charge in [0.1, 0.15) is 11.5 Å². The normalized spacial score (nSPS) is 10.6. The van der Waals surface area contributed by atoms with Crippen LogP contribution in [0, 0.1) is 19.7 Å². The Morgan fingerprint density at radius 3 is 2.54 bits per heavy atom. The lowest BCUT2D eigenvalue weighted by Crippen LogP contribution is -2.14. The zero-order valence-electron chi connectivity index (χ0n) is 14.2. The Balaban J connectivity index is 1.88. The molecule has 0 atom stereocenters. The summed E-state index contributed by atoms with van der Waals surface area (Å²) in [5.74, 6) is -1.88. The number of aromatic carboxylic acids is 1. The number of hydrogen-bond acceptors (Lipinski definition) is 3. The second kappa shape index (κ2) is 6.79. The second-order valence-electron chi connectivity index (χ2n) is 5.80. The highest BCUT2D eigenvalue weighted by Gasteiger charge is 2.17. The molecule has 0 aliphatic rings. The number of aryl methyl sites for hydroxylation is 1. The summed E-state index contributed by atoms with van der Waals surface area (Å²) in [5.41, 5.74) is 2.31. The maximum absolute atomic E-state index is 14.0. The predicted octanol–water partition coefficient (Wildman–Crippen LogP) is 3.58. The van der Waals surface area contributed by atoms with E-state index in [0.717, 1.165) is 0 Å². The van der Waals surface area contributed by atoms with Gasteiger partial charge in [-0.1, -0.05) is 12.1 Å². The zero-order valence-corrected chi connectivity index (χ0v) is 14.2. The summed E-state index contributed by atoms with van der Waals surface area (Å²) in [6, 6.07) is 10.6. The SMILES string of the molecule is Cc1cc(C(=O)O)ccc1NC(=O)c1cnn(-c2ccccc2F)c1C. The van der Waals surface area contributed by atoms with E-state index >= 15 is 0 Å². The van der Waals surface area contributed by atoms with Gasteiger partial charge in [0, 0.05) is 5.69 Å². The second-order valence-corrected chi connectivity index (χ2v) is 5.80. The Bertz CT molecular complexity index is 1010. The minimum absolute atomic E-state index is 0.143. The molecule has 0 fully saturated rings. The molecule has 7 heteroatoms. The number of para-hydroxylation sites is 1. The van der Waals surface area contributed by atoms with Gasteiger partial charge in [-0.05, 0) is 49.7 Å². The van der Waals surface area contributed by atoms with Crippen LogP contribution in [0.3, 0.4) is 0 Å². The lowest BCUT2D eigenvalue weighted by Gasteiger charge is -2.10. The highest BCUT2D eigenvalue weighted by Crippen LogP contribution is 2.20. The van der Waals surface area contributed by atoms with Crippen molar-refractivity contribution in [3.8, 4) is 5.69 Å². The fourth-order valence-corrected chi connectivity index (χ4v) is 2.63. The van der Waals surface area contributed by atoms with Gasteiger partial charge in [0.25, 0.3) is 5.91 Å². The summed E-state index contributed by atoms with van der Waals surface area (Å²) < 4.78 is 15.3. The van der Waals surface area contributed by atoms with Crippen molar-refractivity contribution in [3.05, 3.63) is 76.9 Å². The lowest BCUT2D eigenvalue weighted by atomic mass is 10.1. The van der Waals surface area contributed by atoms with E-state index in [9.17, 15) is 14.0 Å². The van der Waals surface area contributed by atoms with Crippen molar-refractivity contribution in [1.82, 2.24) is 9.78 Å². The molecule has 26 heavy (non-hydrogen) atoms. The van der Waals surface area contributed by atoms with Crippen molar-refractivity contribution < 1.29 is 19.1 Å². The van der Waals surface area contributed by atoms with Crippen LogP contribution >= 0.6 is 0 Å². The van der Waals surface area contributed by atoms with Crippen molar-refractivity contribution in [3.63, 3.8) is 0 Å². The number of carbonyl (C=O) groups excluding carboxylic acids is 1. The van der Waals surface area contributed by atoms with E-state index < -0.39 is 17.7 Å². The Hall–Kier alpha value is -3.48. The average molecular weight is 353 g/mol. The van der Waals surface area contributed by atoms with E-state index in [1.54, 1.807) is 32.0 Å². The molecule has 0 radical (unpaired) electrons. The van der Waals surface area contributed by atoms with E-state index in [2.05, 4.69) is 10.4 Å². The summed E-state index contributed by atoms with van der Waals surface area (Å²) >= 11 is 0. The quantitative estimate of drug-likeness (QED) is 0.751. The Morgan fingerprint density at radius 1 is 1.15 bits per heavy atom. The third-order valence-electron chi connectivity index (χ3n) is 4.06. The molecule has 2 N–H and O–H groups in total. The molecular formula is C19H16FN3O3. The van der Waals surface area contributed by atoms with Gasteiger partial charge in [0.2, 0.25) is 0 Å². The molecule has 1 aromatic heterocycles. The van der Waals surface area contributed by atoms with Crippen LogP contribution in [0.2, 0.25) is 0 Å². The Kier molecular flexibility index (Phi) is 4.53. The molecule has 1 amide bonds. The topological polar surface area (TPSA) is 84.2 Å². The zero-order chi connectivity index (χ0) is 18.8. The number of anilines is 1. The van der Waals surface area contributed by atoms with E-state index in [1.807, 2.05) is 0 Å². The molecule has 0 unspecified atom stereocenters. The van der Waals surface area contributed by atoms with Crippen LogP contribution in [0.4, 0.5) is 10.1 Å². The lowest BCUT2D eigenvalue weighted by molar-refractivity contribution is 0.0696. The maximum Gasteiger partial charge on any atom is 0.335 e. The largest absolute Gasteiger partial charge is 0.478 e. The molecule has 3 aromatic rings. The number of nitrogens with zero attached hydrogens (tertiary/aromatic N) is 2. The van der Waals surface area contributed by atoms with Gasteiger partial charge in [0.15, 0.2) is 0 Å². The van der Waals surface area contributed by atoms with Crippen molar-refractivity contribution in [2.75, 3.05) is 5.32 Å². The molecule has 0 spiro atoms. The molecule has 6 nitrogen and oxygen atoms in total. The molecule has 0 saturated heterocycles. The van der Waals surface area contributed by atoms with E-state index in [-0.39, 0.29) is 11.3 Å². The fraction of sp³-hybridized carbons (Fsp3) is 0.105. The van der Waals surface area contributed by atoms with Crippen LogP contribution < -0.4 is 5.32 Å². The number of rotatable bonds is 4. The van der Waals surface area contributed by atoms with Crippen LogP contribution in [-0.2, 0) is 0 Å². The molecule has 132 valence electrons. The summed E-state index contributed by atoms with van der Waals surface area (Å²) in [5, 5.41) is 15.8. The van der Waals surface area contributed by atoms with Gasteiger partial charge in [-0.2, -0.15) is 5.10 Å². The third-order valence-corrected chi connectivity index (χ3v) is 4.06. The van der Waals surface area contributed by atoms with Crippen LogP contribution in [0.25, 0.3) is 5.69 Å². The van der Waals surface area contributed by atoms with Gasteiger partial charge in [-0.3, -0.25) is 4.79 Å². The molecule has 2 aromatic carbocycles. The van der Waals surface area contributed by atoms with Gasteiger partial charge < -0.3 is 10.4 Å². The Morgan fingerprint density at radius 2 is 1.88 bits per heavy atom. The number of amides is 1. The molecule has 0 saturated carbocycles. The molecule has 0 aliphatic carbocycles. The van der Waals surface area contributed by atoms with Crippen LogP contribution in [0.5, 0.6) is 0 Å². The van der Waals surface area contributed by atoms with Crippen LogP contribution in [-0.4, -0.2) is 26.8 Å². The first kappa shape index (κ1) is 17.3. The first-order valence-electron chi connectivity index (χ1n) is 7.83. The monoisotopic (exact) mass is 353 g/mol. The van der Waals surface area contributed by atoms with E-state index in [1.165, 1.54) is 35.1 Å². The summed E-state index contributed by atoms with van der Waals surface area (Å²) in [6.45, 7) is 3.38. The number of benzene rings is 2. The molecule has 1 heterocycles. The van der Waals surface area contributed by atoms with Gasteiger partial charge in [-0.25, -0.2) is 13.9 Å². The van der Waals surface area contributed by atoms with Gasteiger partial charge in [0.05, 0.1) is 23.0 Å². The van der Waals surface area contributed by atoms with Crippen LogP contribution in [0.15, 0.2) is 48.7 Å². The standard InChI is InChI=1S/C19H16FN3O3/c1-11-9-13(19(25)26)7-8-16(11)22-18(24)14-10-21-23(12(14)2)17-6-4-3-5-15(17)20/h3-10H,1-2H3,(H,22,24)(H,25,26). The summed E-state index contributed by atoms with van der Waals surface area (Å²) in [7, 11) is 0. The minimum atomic E-state index is -1.03. The van der Waals surface area contributed by atoms with Crippen molar-refractivity contribution in [2.24, 2.45) is 0 Å². The number of nitrogens with one attached hydrogen (secondary N) is 1. The summed E-state index contributed by atoms with van der Waals surface area (Å²) in [4.78, 5) is 23.5.